The topological polar surface area (TPSA) is 99.9 Å². The number of carbonyl (C=O) groups is 2. The number of rotatable bonds is 7. The Labute approximate surface area is 196 Å². The van der Waals surface area contributed by atoms with Gasteiger partial charge in [-0.15, -0.1) is 0 Å². The van der Waals surface area contributed by atoms with E-state index in [-0.39, 0.29) is 36.1 Å². The molecule has 1 unspecified atom stereocenters. The van der Waals surface area contributed by atoms with Gasteiger partial charge < -0.3 is 14.6 Å². The zero-order valence-corrected chi connectivity index (χ0v) is 20.7. The SMILES string of the molecule is CNC(=O)CN(CC1CCN(S(C)(=O)=O)C1)C(=O)c1ccc(-c2ccc(C(C)(C)C)cc2)o1. The van der Waals surface area contributed by atoms with E-state index in [1.54, 1.807) is 12.1 Å². The Morgan fingerprint density at radius 2 is 1.82 bits per heavy atom. The van der Waals surface area contributed by atoms with E-state index in [0.29, 0.717) is 25.3 Å². The predicted molar refractivity (Wildman–Crippen MR) is 127 cm³/mol. The van der Waals surface area contributed by atoms with Crippen LogP contribution in [0.4, 0.5) is 0 Å². The summed E-state index contributed by atoms with van der Waals surface area (Å²) in [7, 11) is -1.77. The summed E-state index contributed by atoms with van der Waals surface area (Å²) in [6.07, 6.45) is 1.81. The maximum Gasteiger partial charge on any atom is 0.290 e. The van der Waals surface area contributed by atoms with Crippen LogP contribution in [0, 0.1) is 5.92 Å². The van der Waals surface area contributed by atoms with Gasteiger partial charge in [-0.05, 0) is 35.4 Å². The van der Waals surface area contributed by atoms with Crippen molar-refractivity contribution in [2.75, 3.05) is 39.5 Å². The van der Waals surface area contributed by atoms with Crippen molar-refractivity contribution in [2.45, 2.75) is 32.6 Å². The molecule has 1 aromatic carbocycles. The highest BCUT2D eigenvalue weighted by molar-refractivity contribution is 7.88. The van der Waals surface area contributed by atoms with Crippen molar-refractivity contribution in [3.63, 3.8) is 0 Å². The molecule has 0 bridgehead atoms. The van der Waals surface area contributed by atoms with Crippen LogP contribution >= 0.6 is 0 Å². The zero-order valence-electron chi connectivity index (χ0n) is 19.9. The van der Waals surface area contributed by atoms with Crippen LogP contribution in [0.1, 0.15) is 43.3 Å². The Hall–Kier alpha value is -2.65. The standard InChI is InChI=1S/C24H33N3O5S/c1-24(2,3)19-8-6-18(7-9-19)20-10-11-21(32-20)23(29)26(16-22(28)25-4)14-17-12-13-27(15-17)33(5,30)31/h6-11,17H,12-16H2,1-5H3,(H,25,28). The first-order chi connectivity index (χ1) is 15.4. The molecule has 1 aromatic heterocycles. The second-order valence-electron chi connectivity index (χ2n) is 9.63. The molecule has 1 saturated heterocycles. The van der Waals surface area contributed by atoms with Gasteiger partial charge in [-0.1, -0.05) is 45.0 Å². The van der Waals surface area contributed by atoms with E-state index in [2.05, 4.69) is 26.1 Å². The molecule has 1 fully saturated rings. The van der Waals surface area contributed by atoms with Gasteiger partial charge in [0.25, 0.3) is 5.91 Å². The molecule has 8 nitrogen and oxygen atoms in total. The fraction of sp³-hybridized carbons (Fsp3) is 0.500. The zero-order chi connectivity index (χ0) is 24.4. The molecule has 1 aliphatic rings. The van der Waals surface area contributed by atoms with E-state index in [0.717, 1.165) is 5.56 Å². The summed E-state index contributed by atoms with van der Waals surface area (Å²) in [6, 6.07) is 11.4. The smallest absolute Gasteiger partial charge is 0.290 e. The van der Waals surface area contributed by atoms with Gasteiger partial charge in [-0.25, -0.2) is 12.7 Å². The number of nitrogens with zero attached hydrogens (tertiary/aromatic N) is 2. The Morgan fingerprint density at radius 3 is 2.36 bits per heavy atom. The van der Waals surface area contributed by atoms with Crippen LogP contribution in [0.15, 0.2) is 40.8 Å². The molecule has 33 heavy (non-hydrogen) atoms. The summed E-state index contributed by atoms with van der Waals surface area (Å²) in [5, 5.41) is 2.54. The van der Waals surface area contributed by atoms with Crippen molar-refractivity contribution < 1.29 is 22.4 Å². The summed E-state index contributed by atoms with van der Waals surface area (Å²) in [4.78, 5) is 26.7. The largest absolute Gasteiger partial charge is 0.451 e. The van der Waals surface area contributed by atoms with Crippen molar-refractivity contribution >= 4 is 21.8 Å². The lowest BCUT2D eigenvalue weighted by Crippen LogP contribution is -2.42. The monoisotopic (exact) mass is 475 g/mol. The lowest BCUT2D eigenvalue weighted by atomic mass is 9.86. The van der Waals surface area contributed by atoms with Crippen molar-refractivity contribution in [3.05, 3.63) is 47.7 Å². The first kappa shape index (κ1) is 25.0. The predicted octanol–water partition coefficient (Wildman–Crippen LogP) is 2.71. The number of sulfonamides is 1. The van der Waals surface area contributed by atoms with E-state index < -0.39 is 15.9 Å². The van der Waals surface area contributed by atoms with E-state index in [9.17, 15) is 18.0 Å². The number of carbonyl (C=O) groups excluding carboxylic acids is 2. The van der Waals surface area contributed by atoms with Gasteiger partial charge in [0, 0.05) is 32.2 Å². The fourth-order valence-corrected chi connectivity index (χ4v) is 4.85. The van der Waals surface area contributed by atoms with Crippen molar-refractivity contribution in [1.29, 1.82) is 0 Å². The van der Waals surface area contributed by atoms with Gasteiger partial charge in [-0.3, -0.25) is 9.59 Å². The first-order valence-corrected chi connectivity index (χ1v) is 12.9. The highest BCUT2D eigenvalue weighted by atomic mass is 32.2. The summed E-state index contributed by atoms with van der Waals surface area (Å²) < 4.78 is 30.9. The van der Waals surface area contributed by atoms with Gasteiger partial charge >= 0.3 is 0 Å². The number of benzene rings is 1. The normalized spacial score (nSPS) is 17.2. The third-order valence-electron chi connectivity index (χ3n) is 5.95. The molecule has 180 valence electrons. The Balaban J connectivity index is 1.76. The highest BCUT2D eigenvalue weighted by Crippen LogP contribution is 2.28. The number of hydrogen-bond donors (Lipinski definition) is 1. The Bertz CT molecular complexity index is 1100. The van der Waals surface area contributed by atoms with Gasteiger partial charge in [-0.2, -0.15) is 0 Å². The number of amides is 2. The minimum Gasteiger partial charge on any atom is -0.451 e. The van der Waals surface area contributed by atoms with Gasteiger partial charge in [0.15, 0.2) is 5.76 Å². The van der Waals surface area contributed by atoms with Crippen LogP contribution in [-0.4, -0.2) is 68.9 Å². The fourth-order valence-electron chi connectivity index (χ4n) is 3.93. The van der Waals surface area contributed by atoms with Crippen LogP contribution in [0.25, 0.3) is 11.3 Å². The molecule has 2 heterocycles. The minimum atomic E-state index is -3.28. The van der Waals surface area contributed by atoms with Crippen LogP contribution in [0.2, 0.25) is 0 Å². The number of hydrogen-bond acceptors (Lipinski definition) is 5. The quantitative estimate of drug-likeness (QED) is 0.664. The summed E-state index contributed by atoms with van der Waals surface area (Å²) in [6.45, 7) is 7.33. The van der Waals surface area contributed by atoms with Crippen LogP contribution < -0.4 is 5.32 Å². The average molecular weight is 476 g/mol. The molecule has 1 aliphatic heterocycles. The number of nitrogens with one attached hydrogen (secondary N) is 1. The summed E-state index contributed by atoms with van der Waals surface area (Å²) >= 11 is 0. The maximum absolute atomic E-state index is 13.2. The summed E-state index contributed by atoms with van der Waals surface area (Å²) in [5.41, 5.74) is 2.10. The number of likely N-dealkylation sites (N-methyl/N-ethyl adjacent to an activating group) is 1. The average Bonchev–Trinajstić information content (AvgIpc) is 3.42. The molecule has 0 radical (unpaired) electrons. The van der Waals surface area contributed by atoms with Gasteiger partial charge in [0.05, 0.1) is 12.8 Å². The lowest BCUT2D eigenvalue weighted by Gasteiger charge is -2.24. The molecule has 0 aliphatic carbocycles. The van der Waals surface area contributed by atoms with Gasteiger partial charge in [0.1, 0.15) is 5.76 Å². The Morgan fingerprint density at radius 1 is 1.15 bits per heavy atom. The highest BCUT2D eigenvalue weighted by Gasteiger charge is 2.32. The summed E-state index contributed by atoms with van der Waals surface area (Å²) in [5.74, 6) is -0.0258. The molecular formula is C24H33N3O5S. The third kappa shape index (κ3) is 6.23. The van der Waals surface area contributed by atoms with E-state index >= 15 is 0 Å². The van der Waals surface area contributed by atoms with Crippen molar-refractivity contribution in [1.82, 2.24) is 14.5 Å². The molecule has 0 spiro atoms. The minimum absolute atomic E-state index is 0.0378. The maximum atomic E-state index is 13.2. The number of furan rings is 1. The molecule has 2 aromatic rings. The van der Waals surface area contributed by atoms with Crippen molar-refractivity contribution in [2.24, 2.45) is 5.92 Å². The van der Waals surface area contributed by atoms with Crippen molar-refractivity contribution in [3.8, 4) is 11.3 Å². The molecular weight excluding hydrogens is 442 g/mol. The molecule has 2 amide bonds. The molecule has 3 rings (SSSR count). The second-order valence-corrected chi connectivity index (χ2v) is 11.6. The second kappa shape index (κ2) is 9.69. The molecule has 1 atom stereocenters. The molecule has 0 saturated carbocycles. The van der Waals surface area contributed by atoms with Crippen LogP contribution in [-0.2, 0) is 20.2 Å². The van der Waals surface area contributed by atoms with Crippen LogP contribution in [0.3, 0.4) is 0 Å². The molecule has 1 N–H and O–H groups in total. The van der Waals surface area contributed by atoms with Crippen LogP contribution in [0.5, 0.6) is 0 Å². The molecule has 9 heteroatoms. The third-order valence-corrected chi connectivity index (χ3v) is 7.22. The van der Waals surface area contributed by atoms with Gasteiger partial charge in [0.2, 0.25) is 15.9 Å². The van der Waals surface area contributed by atoms with E-state index in [1.165, 1.54) is 28.1 Å². The van der Waals surface area contributed by atoms with E-state index in [1.807, 2.05) is 24.3 Å². The lowest BCUT2D eigenvalue weighted by molar-refractivity contribution is -0.121. The first-order valence-electron chi connectivity index (χ1n) is 11.0. The Kier molecular flexibility index (Phi) is 7.33. The van der Waals surface area contributed by atoms with E-state index in [4.69, 9.17) is 4.42 Å².